The molecule has 1 heterocycles. The molecule has 0 bridgehead atoms. The maximum Gasteiger partial charge on any atom is 0.410 e. The van der Waals surface area contributed by atoms with Crippen molar-refractivity contribution in [2.45, 2.75) is 26.4 Å². The standard InChI is InChI=1S/C17H21ClN4O3/c1-17(2,3)25-16(24)21(4)10-15(23)20-12-5-6-14(13(18)9-12)22-8-7-19-11-22/h5-9,11H,10H2,1-4H3,(H,20,23). The lowest BCUT2D eigenvalue weighted by atomic mass is 10.2. The number of likely N-dealkylation sites (N-methyl/N-ethyl adjacent to an activating group) is 1. The molecule has 0 unspecified atom stereocenters. The van der Waals surface area contributed by atoms with Crippen LogP contribution < -0.4 is 5.32 Å². The molecule has 0 fully saturated rings. The van der Waals surface area contributed by atoms with E-state index in [-0.39, 0.29) is 12.5 Å². The second-order valence-corrected chi connectivity index (χ2v) is 6.93. The van der Waals surface area contributed by atoms with E-state index in [1.165, 1.54) is 11.9 Å². The number of aromatic nitrogens is 2. The monoisotopic (exact) mass is 364 g/mol. The Kier molecular flexibility index (Phi) is 5.69. The number of carbonyl (C=O) groups excluding carboxylic acids is 2. The molecule has 0 spiro atoms. The normalized spacial score (nSPS) is 11.1. The number of nitrogens with one attached hydrogen (secondary N) is 1. The van der Waals surface area contributed by atoms with Crippen LogP contribution in [0.3, 0.4) is 0 Å². The van der Waals surface area contributed by atoms with Crippen LogP contribution in [0.5, 0.6) is 0 Å². The lowest BCUT2D eigenvalue weighted by molar-refractivity contribution is -0.117. The van der Waals surface area contributed by atoms with E-state index >= 15 is 0 Å². The van der Waals surface area contributed by atoms with Gasteiger partial charge in [0.2, 0.25) is 5.91 Å². The molecule has 25 heavy (non-hydrogen) atoms. The van der Waals surface area contributed by atoms with Gasteiger partial charge in [-0.3, -0.25) is 4.79 Å². The first-order chi connectivity index (χ1) is 11.7. The van der Waals surface area contributed by atoms with Crippen LogP contribution in [0, 0.1) is 0 Å². The smallest absolute Gasteiger partial charge is 0.410 e. The van der Waals surface area contributed by atoms with Crippen LogP contribution in [0.15, 0.2) is 36.9 Å². The van der Waals surface area contributed by atoms with Crippen LogP contribution in [0.2, 0.25) is 5.02 Å². The number of benzene rings is 1. The Morgan fingerprint density at radius 1 is 1.36 bits per heavy atom. The minimum Gasteiger partial charge on any atom is -0.444 e. The zero-order valence-electron chi connectivity index (χ0n) is 14.6. The number of hydrogen-bond acceptors (Lipinski definition) is 4. The fourth-order valence-corrected chi connectivity index (χ4v) is 2.29. The molecule has 1 aromatic heterocycles. The highest BCUT2D eigenvalue weighted by Gasteiger charge is 2.21. The molecule has 2 amide bonds. The highest BCUT2D eigenvalue weighted by atomic mass is 35.5. The van der Waals surface area contributed by atoms with Gasteiger partial charge in [-0.15, -0.1) is 0 Å². The van der Waals surface area contributed by atoms with Crippen molar-refractivity contribution in [3.05, 3.63) is 41.9 Å². The zero-order chi connectivity index (χ0) is 18.6. The van der Waals surface area contributed by atoms with Crippen LogP contribution in [0.25, 0.3) is 5.69 Å². The van der Waals surface area contributed by atoms with E-state index in [1.807, 2.05) is 0 Å². The fourth-order valence-electron chi connectivity index (χ4n) is 2.02. The summed E-state index contributed by atoms with van der Waals surface area (Å²) in [6.45, 7) is 5.17. The molecule has 0 aliphatic rings. The lowest BCUT2D eigenvalue weighted by Gasteiger charge is -2.24. The van der Waals surface area contributed by atoms with Crippen LogP contribution >= 0.6 is 11.6 Å². The van der Waals surface area contributed by atoms with Crippen molar-refractivity contribution in [1.82, 2.24) is 14.5 Å². The van der Waals surface area contributed by atoms with Crippen molar-refractivity contribution in [2.75, 3.05) is 18.9 Å². The van der Waals surface area contributed by atoms with Crippen LogP contribution in [0.4, 0.5) is 10.5 Å². The lowest BCUT2D eigenvalue weighted by Crippen LogP contribution is -2.38. The fraction of sp³-hybridized carbons (Fsp3) is 0.353. The summed E-state index contributed by atoms with van der Waals surface area (Å²) < 4.78 is 6.97. The highest BCUT2D eigenvalue weighted by Crippen LogP contribution is 2.24. The third-order valence-corrected chi connectivity index (χ3v) is 3.40. The minimum absolute atomic E-state index is 0.129. The second kappa shape index (κ2) is 7.57. The first-order valence-corrected chi connectivity index (χ1v) is 8.05. The summed E-state index contributed by atoms with van der Waals surface area (Å²) in [6.07, 6.45) is 4.50. The van der Waals surface area contributed by atoms with Gasteiger partial charge >= 0.3 is 6.09 Å². The molecule has 2 rings (SSSR count). The van der Waals surface area contributed by atoms with E-state index in [0.29, 0.717) is 10.7 Å². The summed E-state index contributed by atoms with van der Waals surface area (Å²) in [4.78, 5) is 29.2. The summed E-state index contributed by atoms with van der Waals surface area (Å²) in [5.74, 6) is -0.347. The van der Waals surface area contributed by atoms with Crippen molar-refractivity contribution in [2.24, 2.45) is 0 Å². The maximum absolute atomic E-state index is 12.1. The molecule has 134 valence electrons. The molecule has 0 aliphatic carbocycles. The van der Waals surface area contributed by atoms with Crippen molar-refractivity contribution >= 4 is 29.3 Å². The Morgan fingerprint density at radius 2 is 2.08 bits per heavy atom. The molecule has 1 aromatic carbocycles. The van der Waals surface area contributed by atoms with Crippen LogP contribution in [-0.4, -0.2) is 45.6 Å². The average Bonchev–Trinajstić information content (AvgIpc) is 2.99. The van der Waals surface area contributed by atoms with Gasteiger partial charge in [-0.2, -0.15) is 0 Å². The average molecular weight is 365 g/mol. The van der Waals surface area contributed by atoms with E-state index < -0.39 is 11.7 Å². The Morgan fingerprint density at radius 3 is 2.64 bits per heavy atom. The molecular formula is C17H21ClN4O3. The Hall–Kier alpha value is -2.54. The van der Waals surface area contributed by atoms with Crippen molar-refractivity contribution in [3.63, 3.8) is 0 Å². The van der Waals surface area contributed by atoms with E-state index in [2.05, 4.69) is 10.3 Å². The predicted octanol–water partition coefficient (Wildman–Crippen LogP) is 3.33. The van der Waals surface area contributed by atoms with Gasteiger partial charge in [0, 0.05) is 25.1 Å². The van der Waals surface area contributed by atoms with Gasteiger partial charge < -0.3 is 19.5 Å². The van der Waals surface area contributed by atoms with Crippen molar-refractivity contribution < 1.29 is 14.3 Å². The summed E-state index contributed by atoms with van der Waals surface area (Å²) >= 11 is 6.25. The van der Waals surface area contributed by atoms with Gasteiger partial charge in [-0.25, -0.2) is 9.78 Å². The molecule has 0 saturated heterocycles. The molecule has 0 radical (unpaired) electrons. The number of carbonyl (C=O) groups is 2. The summed E-state index contributed by atoms with van der Waals surface area (Å²) in [5, 5.41) is 3.17. The van der Waals surface area contributed by atoms with Gasteiger partial charge in [-0.05, 0) is 39.0 Å². The van der Waals surface area contributed by atoms with E-state index in [1.54, 1.807) is 62.3 Å². The summed E-state index contributed by atoms with van der Waals surface area (Å²) in [6, 6.07) is 5.14. The number of ether oxygens (including phenoxy) is 1. The number of nitrogens with zero attached hydrogens (tertiary/aromatic N) is 3. The molecule has 2 aromatic rings. The molecule has 0 saturated carbocycles. The zero-order valence-corrected chi connectivity index (χ0v) is 15.4. The molecular weight excluding hydrogens is 344 g/mol. The topological polar surface area (TPSA) is 76.5 Å². The largest absolute Gasteiger partial charge is 0.444 e. The Balaban J connectivity index is 1.97. The first kappa shape index (κ1) is 18.8. The second-order valence-electron chi connectivity index (χ2n) is 6.52. The van der Waals surface area contributed by atoms with Crippen molar-refractivity contribution in [1.29, 1.82) is 0 Å². The van der Waals surface area contributed by atoms with Gasteiger partial charge in [0.25, 0.3) is 0 Å². The van der Waals surface area contributed by atoms with Crippen LogP contribution in [0.1, 0.15) is 20.8 Å². The van der Waals surface area contributed by atoms with Gasteiger partial charge in [0.15, 0.2) is 0 Å². The summed E-state index contributed by atoms with van der Waals surface area (Å²) in [5.41, 5.74) is 0.679. The molecule has 1 N–H and O–H groups in total. The van der Waals surface area contributed by atoms with Crippen molar-refractivity contribution in [3.8, 4) is 5.69 Å². The maximum atomic E-state index is 12.1. The number of rotatable bonds is 4. The van der Waals surface area contributed by atoms with Gasteiger partial charge in [-0.1, -0.05) is 11.6 Å². The Bertz CT molecular complexity index is 754. The number of halogens is 1. The van der Waals surface area contributed by atoms with Gasteiger partial charge in [0.05, 0.1) is 17.0 Å². The molecule has 0 atom stereocenters. The Labute approximate surface area is 151 Å². The van der Waals surface area contributed by atoms with E-state index in [0.717, 1.165) is 5.69 Å². The SMILES string of the molecule is CN(CC(=O)Nc1ccc(-n2ccnc2)c(Cl)c1)C(=O)OC(C)(C)C. The first-order valence-electron chi connectivity index (χ1n) is 7.67. The number of imidazole rings is 1. The molecule has 7 nitrogen and oxygen atoms in total. The van der Waals surface area contributed by atoms with Crippen LogP contribution in [-0.2, 0) is 9.53 Å². The summed E-state index contributed by atoms with van der Waals surface area (Å²) in [7, 11) is 1.50. The predicted molar refractivity (Wildman–Crippen MR) is 96.1 cm³/mol. The third kappa shape index (κ3) is 5.49. The quantitative estimate of drug-likeness (QED) is 0.902. The number of anilines is 1. The van der Waals surface area contributed by atoms with Gasteiger partial charge in [0.1, 0.15) is 12.1 Å². The minimum atomic E-state index is -0.613. The molecule has 0 aliphatic heterocycles. The number of amides is 2. The van der Waals surface area contributed by atoms with E-state index in [9.17, 15) is 9.59 Å². The van der Waals surface area contributed by atoms with E-state index in [4.69, 9.17) is 16.3 Å². The molecule has 8 heteroatoms. The third-order valence-electron chi connectivity index (χ3n) is 3.10. The number of hydrogen-bond donors (Lipinski definition) is 1. The highest BCUT2D eigenvalue weighted by molar-refractivity contribution is 6.32.